The van der Waals surface area contributed by atoms with E-state index in [1.54, 1.807) is 48.5 Å². The third kappa shape index (κ3) is 7.86. The van der Waals surface area contributed by atoms with E-state index in [9.17, 15) is 19.2 Å². The molecule has 0 bridgehead atoms. The second kappa shape index (κ2) is 12.9. The van der Waals surface area contributed by atoms with Gasteiger partial charge < -0.3 is 18.9 Å². The number of rotatable bonds is 11. The molecule has 0 saturated heterocycles. The van der Waals surface area contributed by atoms with Crippen LogP contribution in [0.2, 0.25) is 0 Å². The molecular formula is C24H26O8. The molecule has 2 rings (SSSR count). The molecular weight excluding hydrogens is 416 g/mol. The van der Waals surface area contributed by atoms with Crippen LogP contribution in [-0.2, 0) is 51.3 Å². The molecule has 2 aromatic rings. The molecule has 0 fully saturated rings. The second-order valence-corrected chi connectivity index (χ2v) is 6.96. The van der Waals surface area contributed by atoms with Crippen LogP contribution in [-0.4, -0.2) is 38.1 Å². The van der Waals surface area contributed by atoms with Gasteiger partial charge in [-0.25, -0.2) is 0 Å². The van der Waals surface area contributed by atoms with Crippen molar-refractivity contribution in [3.05, 3.63) is 71.8 Å². The Kier molecular flexibility index (Phi) is 9.90. The van der Waals surface area contributed by atoms with Crippen molar-refractivity contribution in [1.29, 1.82) is 0 Å². The zero-order chi connectivity index (χ0) is 23.3. The van der Waals surface area contributed by atoms with E-state index in [2.05, 4.69) is 4.74 Å². The number of esters is 4. The summed E-state index contributed by atoms with van der Waals surface area (Å²) in [4.78, 5) is 49.5. The Hall–Kier alpha value is -3.68. The molecule has 2 unspecified atom stereocenters. The Balaban J connectivity index is 2.14. The second-order valence-electron chi connectivity index (χ2n) is 6.96. The molecule has 0 N–H and O–H groups in total. The van der Waals surface area contributed by atoms with E-state index in [0.717, 1.165) is 25.3 Å². The van der Waals surface area contributed by atoms with Gasteiger partial charge in [-0.05, 0) is 11.1 Å². The highest BCUT2D eigenvalue weighted by atomic mass is 16.5. The van der Waals surface area contributed by atoms with Gasteiger partial charge in [0.25, 0.3) is 0 Å². The summed E-state index contributed by atoms with van der Waals surface area (Å²) in [5, 5.41) is 0. The minimum absolute atomic E-state index is 0.00531. The van der Waals surface area contributed by atoms with Crippen LogP contribution in [0.1, 0.15) is 24.0 Å². The summed E-state index contributed by atoms with van der Waals surface area (Å²) in [7, 11) is 2.29. The van der Waals surface area contributed by atoms with Gasteiger partial charge in [0.1, 0.15) is 13.2 Å². The Labute approximate surface area is 186 Å². The minimum atomic E-state index is -1.28. The van der Waals surface area contributed by atoms with Crippen LogP contribution < -0.4 is 0 Å². The van der Waals surface area contributed by atoms with Gasteiger partial charge in [-0.15, -0.1) is 0 Å². The zero-order valence-electron chi connectivity index (χ0n) is 18.0. The molecule has 8 nitrogen and oxygen atoms in total. The Morgan fingerprint density at radius 3 is 1.59 bits per heavy atom. The van der Waals surface area contributed by atoms with Crippen LogP contribution in [0.25, 0.3) is 0 Å². The lowest BCUT2D eigenvalue weighted by Crippen LogP contribution is -2.36. The SMILES string of the molecule is COC(=O)CC(C(=O)OC)C(CC(=O)OCc1ccccc1)C(=O)OCc1ccccc1. The van der Waals surface area contributed by atoms with E-state index >= 15 is 0 Å². The lowest BCUT2D eigenvalue weighted by atomic mass is 9.86. The molecule has 0 aromatic heterocycles. The summed E-state index contributed by atoms with van der Waals surface area (Å²) in [6.07, 6.45) is -0.905. The van der Waals surface area contributed by atoms with E-state index in [1.807, 2.05) is 12.1 Å². The summed E-state index contributed by atoms with van der Waals surface area (Å²) in [6, 6.07) is 17.9. The highest BCUT2D eigenvalue weighted by molar-refractivity contribution is 5.88. The van der Waals surface area contributed by atoms with Crippen LogP contribution in [0, 0.1) is 11.8 Å². The van der Waals surface area contributed by atoms with E-state index < -0.39 is 48.6 Å². The first-order chi connectivity index (χ1) is 15.4. The molecule has 0 spiro atoms. The molecule has 0 heterocycles. The summed E-state index contributed by atoms with van der Waals surface area (Å²) < 4.78 is 20.0. The van der Waals surface area contributed by atoms with Gasteiger partial charge >= 0.3 is 23.9 Å². The largest absolute Gasteiger partial charge is 0.469 e. The summed E-state index contributed by atoms with van der Waals surface area (Å²) in [6.45, 7) is -0.0489. The number of hydrogen-bond acceptors (Lipinski definition) is 8. The van der Waals surface area contributed by atoms with E-state index in [-0.39, 0.29) is 13.2 Å². The van der Waals surface area contributed by atoms with Gasteiger partial charge in [0.15, 0.2) is 0 Å². The van der Waals surface area contributed by atoms with Crippen LogP contribution >= 0.6 is 0 Å². The Bertz CT molecular complexity index is 895. The Morgan fingerprint density at radius 1 is 0.625 bits per heavy atom. The van der Waals surface area contributed by atoms with Crippen molar-refractivity contribution in [2.45, 2.75) is 26.1 Å². The minimum Gasteiger partial charge on any atom is -0.469 e. The van der Waals surface area contributed by atoms with Gasteiger partial charge in [0.2, 0.25) is 0 Å². The van der Waals surface area contributed by atoms with E-state index in [0.29, 0.717) is 0 Å². The maximum atomic E-state index is 12.9. The number of hydrogen-bond donors (Lipinski definition) is 0. The Morgan fingerprint density at radius 2 is 1.09 bits per heavy atom. The number of ether oxygens (including phenoxy) is 4. The monoisotopic (exact) mass is 442 g/mol. The first kappa shape index (κ1) is 24.6. The normalized spacial score (nSPS) is 12.2. The lowest BCUT2D eigenvalue weighted by molar-refractivity contribution is -0.166. The molecule has 2 atom stereocenters. The molecule has 0 aliphatic rings. The number of methoxy groups -OCH3 is 2. The topological polar surface area (TPSA) is 105 Å². The molecule has 0 saturated carbocycles. The molecule has 32 heavy (non-hydrogen) atoms. The third-order valence-corrected chi connectivity index (χ3v) is 4.76. The van der Waals surface area contributed by atoms with Crippen LogP contribution in [0.4, 0.5) is 0 Å². The van der Waals surface area contributed by atoms with Gasteiger partial charge in [-0.1, -0.05) is 60.7 Å². The summed E-state index contributed by atoms with van der Waals surface area (Å²) in [5.41, 5.74) is 1.50. The standard InChI is InChI=1S/C24H26O8/c1-29-21(25)13-19(23(27)30-2)20(24(28)32-16-18-11-7-4-8-12-18)14-22(26)31-15-17-9-5-3-6-10-17/h3-12,19-20H,13-16H2,1-2H3. The van der Waals surface area contributed by atoms with Crippen molar-refractivity contribution in [3.8, 4) is 0 Å². The van der Waals surface area contributed by atoms with Crippen molar-refractivity contribution >= 4 is 23.9 Å². The maximum absolute atomic E-state index is 12.9. The van der Waals surface area contributed by atoms with Gasteiger partial charge in [0, 0.05) is 0 Å². The predicted octanol–water partition coefficient (Wildman–Crippen LogP) is 2.83. The lowest BCUT2D eigenvalue weighted by Gasteiger charge is -2.22. The first-order valence-corrected chi connectivity index (χ1v) is 9.99. The van der Waals surface area contributed by atoms with Crippen molar-refractivity contribution in [1.82, 2.24) is 0 Å². The van der Waals surface area contributed by atoms with Gasteiger partial charge in [-0.3, -0.25) is 19.2 Å². The number of benzene rings is 2. The van der Waals surface area contributed by atoms with Crippen molar-refractivity contribution in [2.24, 2.45) is 11.8 Å². The van der Waals surface area contributed by atoms with Crippen molar-refractivity contribution < 1.29 is 38.1 Å². The van der Waals surface area contributed by atoms with Crippen LogP contribution in [0.15, 0.2) is 60.7 Å². The van der Waals surface area contributed by atoms with Crippen LogP contribution in [0.5, 0.6) is 0 Å². The molecule has 170 valence electrons. The quantitative estimate of drug-likeness (QED) is 0.386. The van der Waals surface area contributed by atoms with E-state index in [4.69, 9.17) is 14.2 Å². The summed E-state index contributed by atoms with van der Waals surface area (Å²) >= 11 is 0. The first-order valence-electron chi connectivity index (χ1n) is 9.99. The third-order valence-electron chi connectivity index (χ3n) is 4.76. The summed E-state index contributed by atoms with van der Waals surface area (Å²) in [5.74, 6) is -5.63. The smallest absolute Gasteiger partial charge is 0.310 e. The fraction of sp³-hybridized carbons (Fsp3) is 0.333. The maximum Gasteiger partial charge on any atom is 0.310 e. The highest BCUT2D eigenvalue weighted by Crippen LogP contribution is 2.25. The molecule has 8 heteroatoms. The average Bonchev–Trinajstić information content (AvgIpc) is 2.83. The predicted molar refractivity (Wildman–Crippen MR) is 113 cm³/mol. The number of carbonyl (C=O) groups excluding carboxylic acids is 4. The van der Waals surface area contributed by atoms with E-state index in [1.165, 1.54) is 0 Å². The zero-order valence-corrected chi connectivity index (χ0v) is 18.0. The molecule has 0 amide bonds. The van der Waals surface area contributed by atoms with Crippen molar-refractivity contribution in [3.63, 3.8) is 0 Å². The highest BCUT2D eigenvalue weighted by Gasteiger charge is 2.39. The fourth-order valence-electron chi connectivity index (χ4n) is 3.01. The van der Waals surface area contributed by atoms with Crippen LogP contribution in [0.3, 0.4) is 0 Å². The fourth-order valence-corrected chi connectivity index (χ4v) is 3.01. The van der Waals surface area contributed by atoms with Crippen molar-refractivity contribution in [2.75, 3.05) is 14.2 Å². The molecule has 0 radical (unpaired) electrons. The van der Waals surface area contributed by atoms with Gasteiger partial charge in [-0.2, -0.15) is 0 Å². The molecule has 0 aliphatic heterocycles. The van der Waals surface area contributed by atoms with Gasteiger partial charge in [0.05, 0.1) is 38.9 Å². The molecule has 0 aliphatic carbocycles. The average molecular weight is 442 g/mol. The molecule has 2 aromatic carbocycles. The number of carbonyl (C=O) groups is 4.